The number of nitrogens with one attached hydrogen (secondary N) is 2. The highest BCUT2D eigenvalue weighted by atomic mass is 16.3. The second-order valence-electron chi connectivity index (χ2n) is 6.61. The van der Waals surface area contributed by atoms with Crippen LogP contribution in [0.25, 0.3) is 0 Å². The van der Waals surface area contributed by atoms with Crippen LogP contribution in [0.5, 0.6) is 5.75 Å². The summed E-state index contributed by atoms with van der Waals surface area (Å²) in [6, 6.07) is 14.1. The van der Waals surface area contributed by atoms with Crippen molar-refractivity contribution >= 4 is 17.7 Å². The Kier molecular flexibility index (Phi) is 7.71. The van der Waals surface area contributed by atoms with Gasteiger partial charge < -0.3 is 16.2 Å². The van der Waals surface area contributed by atoms with Crippen molar-refractivity contribution < 1.29 is 19.5 Å². The highest BCUT2D eigenvalue weighted by Gasteiger charge is 2.21. The van der Waals surface area contributed by atoms with E-state index >= 15 is 0 Å². The molecule has 5 N–H and O–H groups in total. The number of benzene rings is 2. The predicted octanol–water partition coefficient (Wildman–Crippen LogP) is 1.04. The minimum absolute atomic E-state index is 0.129. The fraction of sp³-hybridized carbons (Fsp3) is 0.286. The third kappa shape index (κ3) is 6.85. The summed E-state index contributed by atoms with van der Waals surface area (Å²) in [6.07, 6.45) is 0.964. The van der Waals surface area contributed by atoms with Crippen LogP contribution < -0.4 is 16.4 Å². The maximum Gasteiger partial charge on any atom is 0.248 e. The minimum Gasteiger partial charge on any atom is -0.508 e. The summed E-state index contributed by atoms with van der Waals surface area (Å²) >= 11 is 0. The Morgan fingerprint density at radius 3 is 2.25 bits per heavy atom. The van der Waals surface area contributed by atoms with E-state index in [2.05, 4.69) is 10.6 Å². The maximum absolute atomic E-state index is 12.2. The van der Waals surface area contributed by atoms with Gasteiger partial charge in [0.2, 0.25) is 17.7 Å². The number of aromatic hydroxyl groups is 1. The van der Waals surface area contributed by atoms with Crippen molar-refractivity contribution in [3.05, 3.63) is 65.7 Å². The van der Waals surface area contributed by atoms with Crippen molar-refractivity contribution in [3.8, 4) is 5.75 Å². The van der Waals surface area contributed by atoms with Crippen LogP contribution in [0.3, 0.4) is 0 Å². The van der Waals surface area contributed by atoms with Crippen molar-refractivity contribution in [3.63, 3.8) is 0 Å². The van der Waals surface area contributed by atoms with Gasteiger partial charge in [-0.05, 0) is 43.0 Å². The Morgan fingerprint density at radius 2 is 1.61 bits per heavy atom. The molecule has 0 radical (unpaired) electrons. The van der Waals surface area contributed by atoms with Crippen molar-refractivity contribution in [1.29, 1.82) is 0 Å². The Balaban J connectivity index is 1.76. The average molecular weight is 383 g/mol. The van der Waals surface area contributed by atoms with Gasteiger partial charge in [0.25, 0.3) is 0 Å². The highest BCUT2D eigenvalue weighted by Crippen LogP contribution is 2.11. The molecule has 0 unspecified atom stereocenters. The fourth-order valence-corrected chi connectivity index (χ4v) is 2.58. The number of amides is 3. The van der Waals surface area contributed by atoms with Crippen molar-refractivity contribution in [1.82, 2.24) is 10.6 Å². The molecular weight excluding hydrogens is 358 g/mol. The van der Waals surface area contributed by atoms with Crippen LogP contribution in [0.15, 0.2) is 54.6 Å². The largest absolute Gasteiger partial charge is 0.508 e. The minimum atomic E-state index is -0.890. The average Bonchev–Trinajstić information content (AvgIpc) is 2.68. The number of aryl methyl sites for hydroxylation is 1. The number of imide groups is 1. The summed E-state index contributed by atoms with van der Waals surface area (Å²) in [5.41, 5.74) is 7.67. The van der Waals surface area contributed by atoms with Gasteiger partial charge in [-0.15, -0.1) is 0 Å². The number of carbonyl (C=O) groups excluding carboxylic acids is 3. The van der Waals surface area contributed by atoms with E-state index in [1.165, 1.54) is 19.1 Å². The first-order chi connectivity index (χ1) is 13.3. The number of carbonyl (C=O) groups is 3. The Morgan fingerprint density at radius 1 is 0.964 bits per heavy atom. The molecule has 0 spiro atoms. The van der Waals surface area contributed by atoms with Crippen LogP contribution >= 0.6 is 0 Å². The molecular formula is C21H25N3O4. The van der Waals surface area contributed by atoms with Crippen LogP contribution in [0.4, 0.5) is 0 Å². The van der Waals surface area contributed by atoms with Crippen LogP contribution in [0.2, 0.25) is 0 Å². The normalized spacial score (nSPS) is 12.6. The second kappa shape index (κ2) is 10.2. The standard InChI is InChI=1S/C21H25N3O4/c1-14(20(27)24-19(26)12-9-15-5-3-2-4-6-15)23-21(28)18(22)13-16-7-10-17(25)11-8-16/h2-8,10-11,14,18,25H,9,12-13,22H2,1H3,(H,23,28)(H,24,26,27)/t14-,18+/m1/s1. The molecule has 2 atom stereocenters. The maximum atomic E-state index is 12.2. The first-order valence-electron chi connectivity index (χ1n) is 9.06. The SMILES string of the molecule is C[C@@H](NC(=O)[C@@H](N)Cc1ccc(O)cc1)C(=O)NC(=O)CCc1ccccc1. The lowest BCUT2D eigenvalue weighted by Gasteiger charge is -2.17. The molecule has 28 heavy (non-hydrogen) atoms. The summed E-state index contributed by atoms with van der Waals surface area (Å²) in [5, 5.41) is 14.1. The summed E-state index contributed by atoms with van der Waals surface area (Å²) in [5.74, 6) is -1.34. The molecule has 0 heterocycles. The van der Waals surface area contributed by atoms with E-state index in [4.69, 9.17) is 5.73 Å². The first-order valence-corrected chi connectivity index (χ1v) is 9.06. The van der Waals surface area contributed by atoms with Crippen molar-refractivity contribution in [2.24, 2.45) is 5.73 Å². The lowest BCUT2D eigenvalue weighted by Crippen LogP contribution is -2.51. The number of hydrogen-bond donors (Lipinski definition) is 4. The Hall–Kier alpha value is -3.19. The highest BCUT2D eigenvalue weighted by molar-refractivity contribution is 5.99. The van der Waals surface area contributed by atoms with Gasteiger partial charge in [-0.3, -0.25) is 19.7 Å². The number of phenolic OH excluding ortho intramolecular Hbond substituents is 1. The van der Waals surface area contributed by atoms with Gasteiger partial charge in [-0.25, -0.2) is 0 Å². The van der Waals surface area contributed by atoms with Gasteiger partial charge in [-0.1, -0.05) is 42.5 Å². The molecule has 2 aromatic rings. The monoisotopic (exact) mass is 383 g/mol. The van der Waals surface area contributed by atoms with E-state index in [9.17, 15) is 19.5 Å². The molecule has 0 saturated heterocycles. The van der Waals surface area contributed by atoms with Gasteiger partial charge in [0, 0.05) is 6.42 Å². The third-order valence-electron chi connectivity index (χ3n) is 4.23. The van der Waals surface area contributed by atoms with Crippen LogP contribution in [-0.4, -0.2) is 34.9 Å². The lowest BCUT2D eigenvalue weighted by atomic mass is 10.1. The van der Waals surface area contributed by atoms with E-state index < -0.39 is 29.8 Å². The molecule has 0 bridgehead atoms. The molecule has 0 aliphatic heterocycles. The molecule has 2 aromatic carbocycles. The van der Waals surface area contributed by atoms with Gasteiger partial charge >= 0.3 is 0 Å². The molecule has 0 saturated carbocycles. The summed E-state index contributed by atoms with van der Waals surface area (Å²) in [4.78, 5) is 36.2. The Bertz CT molecular complexity index is 806. The molecule has 148 valence electrons. The van der Waals surface area contributed by atoms with Crippen LogP contribution in [0.1, 0.15) is 24.5 Å². The van der Waals surface area contributed by atoms with Gasteiger partial charge in [0.15, 0.2) is 0 Å². The van der Waals surface area contributed by atoms with E-state index in [0.717, 1.165) is 11.1 Å². The lowest BCUT2D eigenvalue weighted by molar-refractivity contribution is -0.134. The summed E-state index contributed by atoms with van der Waals surface area (Å²) < 4.78 is 0. The van der Waals surface area contributed by atoms with E-state index in [1.807, 2.05) is 30.3 Å². The quantitative estimate of drug-likeness (QED) is 0.543. The smallest absolute Gasteiger partial charge is 0.248 e. The summed E-state index contributed by atoms with van der Waals surface area (Å²) in [7, 11) is 0. The van der Waals surface area contributed by atoms with Gasteiger partial charge in [0.05, 0.1) is 6.04 Å². The topological polar surface area (TPSA) is 122 Å². The Labute approximate surface area is 163 Å². The zero-order valence-corrected chi connectivity index (χ0v) is 15.7. The number of hydrogen-bond acceptors (Lipinski definition) is 5. The van der Waals surface area contributed by atoms with E-state index in [1.54, 1.807) is 12.1 Å². The van der Waals surface area contributed by atoms with Crippen molar-refractivity contribution in [2.75, 3.05) is 0 Å². The van der Waals surface area contributed by atoms with E-state index in [0.29, 0.717) is 6.42 Å². The van der Waals surface area contributed by atoms with Crippen LogP contribution in [-0.2, 0) is 27.2 Å². The zero-order chi connectivity index (χ0) is 20.5. The molecule has 0 fully saturated rings. The summed E-state index contributed by atoms with van der Waals surface area (Å²) in [6.45, 7) is 1.49. The number of rotatable bonds is 8. The molecule has 0 aromatic heterocycles. The number of phenols is 1. The van der Waals surface area contributed by atoms with E-state index in [-0.39, 0.29) is 18.6 Å². The molecule has 0 aliphatic carbocycles. The predicted molar refractivity (Wildman–Crippen MR) is 105 cm³/mol. The fourth-order valence-electron chi connectivity index (χ4n) is 2.58. The first kappa shape index (κ1) is 21.1. The molecule has 3 amide bonds. The number of nitrogens with two attached hydrogens (primary N) is 1. The van der Waals surface area contributed by atoms with Gasteiger partial charge in [0.1, 0.15) is 11.8 Å². The van der Waals surface area contributed by atoms with Gasteiger partial charge in [-0.2, -0.15) is 0 Å². The zero-order valence-electron chi connectivity index (χ0n) is 15.7. The van der Waals surface area contributed by atoms with Crippen LogP contribution in [0, 0.1) is 0 Å². The molecule has 7 nitrogen and oxygen atoms in total. The molecule has 7 heteroatoms. The van der Waals surface area contributed by atoms with Crippen molar-refractivity contribution in [2.45, 2.75) is 38.3 Å². The molecule has 0 aliphatic rings. The second-order valence-corrected chi connectivity index (χ2v) is 6.61. The molecule has 2 rings (SSSR count). The third-order valence-corrected chi connectivity index (χ3v) is 4.23.